The molecule has 7 heteroatoms. The van der Waals surface area contributed by atoms with Gasteiger partial charge in [0.1, 0.15) is 5.75 Å². The van der Waals surface area contributed by atoms with E-state index in [1.165, 1.54) is 48.4 Å². The van der Waals surface area contributed by atoms with Crippen LogP contribution in [0, 0.1) is 23.7 Å². The van der Waals surface area contributed by atoms with E-state index in [0.29, 0.717) is 37.1 Å². The first kappa shape index (κ1) is 24.0. The lowest BCUT2D eigenvalue weighted by atomic mass is 9.48. The Balaban J connectivity index is 1.06. The fourth-order valence-corrected chi connectivity index (χ4v) is 9.34. The summed E-state index contributed by atoms with van der Waals surface area (Å²) in [6, 6.07) is 15.1. The van der Waals surface area contributed by atoms with E-state index in [2.05, 4.69) is 29.6 Å². The number of benzene rings is 2. The van der Waals surface area contributed by atoms with Gasteiger partial charge in [-0.2, -0.15) is 4.31 Å². The van der Waals surface area contributed by atoms with Gasteiger partial charge in [0.25, 0.3) is 0 Å². The highest BCUT2D eigenvalue weighted by atomic mass is 32.2. The quantitative estimate of drug-likeness (QED) is 0.582. The Hall–Kier alpha value is -2.38. The smallest absolute Gasteiger partial charge is 0.243 e. The minimum absolute atomic E-state index is 0.0148. The van der Waals surface area contributed by atoms with Crippen LogP contribution in [-0.4, -0.2) is 38.8 Å². The first-order valence-electron chi connectivity index (χ1n) is 13.4. The highest BCUT2D eigenvalue weighted by Gasteiger charge is 2.51. The molecule has 4 bridgehead atoms. The number of hydrogen-bond acceptors (Lipinski definition) is 4. The maximum atomic E-state index is 13.0. The molecular weight excluding hydrogens is 472 g/mol. The molecule has 0 spiro atoms. The van der Waals surface area contributed by atoms with Crippen LogP contribution in [0.5, 0.6) is 5.75 Å². The summed E-state index contributed by atoms with van der Waals surface area (Å²) in [6.07, 6.45) is 9.36. The molecule has 1 saturated heterocycles. The number of rotatable bonds is 6. The van der Waals surface area contributed by atoms with Crippen LogP contribution in [0.2, 0.25) is 0 Å². The highest BCUT2D eigenvalue weighted by molar-refractivity contribution is 7.89. The SMILES string of the molecule is COc1ccc(S(=O)(=O)N2CCC(C(=O)Nc3ccc(C45CC6CC(CC(C6)C4)C5)cc3)CC2)cc1. The Morgan fingerprint density at radius 3 is 1.97 bits per heavy atom. The average molecular weight is 509 g/mol. The van der Waals surface area contributed by atoms with Crippen LogP contribution >= 0.6 is 0 Å². The summed E-state index contributed by atoms with van der Waals surface area (Å²) in [5, 5.41) is 3.09. The molecule has 0 atom stereocenters. The molecule has 1 amide bonds. The molecule has 5 fully saturated rings. The summed E-state index contributed by atoms with van der Waals surface area (Å²) in [5.74, 6) is 3.16. The van der Waals surface area contributed by atoms with Crippen molar-refractivity contribution < 1.29 is 17.9 Å². The number of amides is 1. The van der Waals surface area contributed by atoms with Gasteiger partial charge in [-0.25, -0.2) is 8.42 Å². The molecule has 4 saturated carbocycles. The van der Waals surface area contributed by atoms with Gasteiger partial charge in [0.2, 0.25) is 15.9 Å². The normalized spacial score (nSPS) is 30.3. The number of anilines is 1. The van der Waals surface area contributed by atoms with Gasteiger partial charge in [0, 0.05) is 24.7 Å². The molecule has 2 aromatic rings. The Labute approximate surface area is 214 Å². The molecule has 5 aliphatic rings. The third-order valence-corrected chi connectivity index (χ3v) is 11.2. The first-order valence-corrected chi connectivity index (χ1v) is 14.8. The molecule has 192 valence electrons. The number of piperidine rings is 1. The molecule has 0 aromatic heterocycles. The van der Waals surface area contributed by atoms with Crippen molar-refractivity contribution >= 4 is 21.6 Å². The lowest BCUT2D eigenvalue weighted by Gasteiger charge is -2.57. The molecule has 2 aromatic carbocycles. The van der Waals surface area contributed by atoms with Gasteiger partial charge >= 0.3 is 0 Å². The van der Waals surface area contributed by atoms with Crippen molar-refractivity contribution in [3.8, 4) is 5.75 Å². The van der Waals surface area contributed by atoms with Gasteiger partial charge in [-0.1, -0.05) is 12.1 Å². The summed E-state index contributed by atoms with van der Waals surface area (Å²) in [5.41, 5.74) is 2.65. The van der Waals surface area contributed by atoms with Gasteiger partial charge in [-0.15, -0.1) is 0 Å². The number of methoxy groups -OCH3 is 1. The summed E-state index contributed by atoms with van der Waals surface area (Å²) in [7, 11) is -2.02. The maximum Gasteiger partial charge on any atom is 0.243 e. The fourth-order valence-electron chi connectivity index (χ4n) is 7.87. The Bertz CT molecular complexity index is 1180. The van der Waals surface area contributed by atoms with Crippen LogP contribution in [0.1, 0.15) is 56.9 Å². The van der Waals surface area contributed by atoms with Crippen molar-refractivity contribution in [3.63, 3.8) is 0 Å². The van der Waals surface area contributed by atoms with E-state index in [4.69, 9.17) is 4.74 Å². The number of nitrogens with one attached hydrogen (secondary N) is 1. The Kier molecular flexibility index (Phi) is 6.11. The number of carbonyl (C=O) groups excluding carboxylic acids is 1. The van der Waals surface area contributed by atoms with Crippen LogP contribution in [0.25, 0.3) is 0 Å². The molecule has 0 radical (unpaired) electrons. The molecule has 7 rings (SSSR count). The zero-order chi connectivity index (χ0) is 24.9. The number of ether oxygens (including phenoxy) is 1. The molecule has 36 heavy (non-hydrogen) atoms. The minimum Gasteiger partial charge on any atom is -0.497 e. The third kappa shape index (κ3) is 4.34. The summed E-state index contributed by atoms with van der Waals surface area (Å²) >= 11 is 0. The van der Waals surface area contributed by atoms with Gasteiger partial charge in [0.05, 0.1) is 12.0 Å². The number of nitrogens with zero attached hydrogens (tertiary/aromatic N) is 1. The van der Waals surface area contributed by atoms with Gasteiger partial charge in [-0.05, 0) is 116 Å². The van der Waals surface area contributed by atoms with Crippen molar-refractivity contribution in [2.75, 3.05) is 25.5 Å². The summed E-state index contributed by atoms with van der Waals surface area (Å²) in [6.45, 7) is 0.689. The van der Waals surface area contributed by atoms with E-state index >= 15 is 0 Å². The van der Waals surface area contributed by atoms with Crippen molar-refractivity contribution in [3.05, 3.63) is 54.1 Å². The molecule has 1 aliphatic heterocycles. The van der Waals surface area contributed by atoms with Crippen molar-refractivity contribution in [2.45, 2.75) is 61.7 Å². The molecule has 6 nitrogen and oxygen atoms in total. The van der Waals surface area contributed by atoms with Crippen LogP contribution in [0.15, 0.2) is 53.4 Å². The van der Waals surface area contributed by atoms with E-state index in [1.807, 2.05) is 0 Å². The molecule has 4 aliphatic carbocycles. The zero-order valence-electron chi connectivity index (χ0n) is 21.0. The van der Waals surface area contributed by atoms with Gasteiger partial charge in [0.15, 0.2) is 0 Å². The lowest BCUT2D eigenvalue weighted by molar-refractivity contribution is -0.120. The maximum absolute atomic E-state index is 13.0. The Morgan fingerprint density at radius 1 is 0.889 bits per heavy atom. The van der Waals surface area contributed by atoms with Crippen LogP contribution in [0.3, 0.4) is 0 Å². The molecule has 0 unspecified atom stereocenters. The third-order valence-electron chi connectivity index (χ3n) is 9.32. The summed E-state index contributed by atoms with van der Waals surface area (Å²) < 4.78 is 32.6. The average Bonchev–Trinajstić information content (AvgIpc) is 2.88. The van der Waals surface area contributed by atoms with Gasteiger partial charge in [-0.3, -0.25) is 4.79 Å². The van der Waals surface area contributed by atoms with Crippen LogP contribution in [0.4, 0.5) is 5.69 Å². The standard InChI is InChI=1S/C29H36N2O4S/c1-35-26-6-8-27(9-7-26)36(33,34)31-12-10-23(11-13-31)28(32)30-25-4-2-24(3-5-25)29-17-20-14-21(18-29)16-22(15-20)19-29/h2-9,20-23H,10-19H2,1H3,(H,30,32). The topological polar surface area (TPSA) is 75.7 Å². The van der Waals surface area contributed by atoms with Crippen molar-refractivity contribution in [1.82, 2.24) is 4.31 Å². The van der Waals surface area contributed by atoms with E-state index in [0.717, 1.165) is 23.4 Å². The predicted octanol–water partition coefficient (Wildman–Crippen LogP) is 5.20. The number of sulfonamides is 1. The van der Waals surface area contributed by atoms with Crippen LogP contribution in [-0.2, 0) is 20.2 Å². The monoisotopic (exact) mass is 508 g/mol. The van der Waals surface area contributed by atoms with E-state index in [1.54, 1.807) is 31.4 Å². The second-order valence-electron chi connectivity index (χ2n) is 11.6. The largest absolute Gasteiger partial charge is 0.497 e. The van der Waals surface area contributed by atoms with E-state index in [-0.39, 0.29) is 16.7 Å². The van der Waals surface area contributed by atoms with Crippen LogP contribution < -0.4 is 10.1 Å². The number of hydrogen-bond donors (Lipinski definition) is 1. The second-order valence-corrected chi connectivity index (χ2v) is 13.6. The lowest BCUT2D eigenvalue weighted by Crippen LogP contribution is -2.48. The Morgan fingerprint density at radius 2 is 1.44 bits per heavy atom. The predicted molar refractivity (Wildman–Crippen MR) is 139 cm³/mol. The zero-order valence-corrected chi connectivity index (χ0v) is 21.8. The van der Waals surface area contributed by atoms with E-state index in [9.17, 15) is 13.2 Å². The first-order chi connectivity index (χ1) is 17.3. The fraction of sp³-hybridized carbons (Fsp3) is 0.552. The summed E-state index contributed by atoms with van der Waals surface area (Å²) in [4.78, 5) is 13.2. The number of carbonyl (C=O) groups is 1. The van der Waals surface area contributed by atoms with E-state index < -0.39 is 10.0 Å². The van der Waals surface area contributed by atoms with Crippen molar-refractivity contribution in [2.24, 2.45) is 23.7 Å². The highest BCUT2D eigenvalue weighted by Crippen LogP contribution is 2.60. The minimum atomic E-state index is -3.57. The molecular formula is C29H36N2O4S. The molecule has 1 heterocycles. The second kappa shape index (κ2) is 9.18. The van der Waals surface area contributed by atoms with Crippen molar-refractivity contribution in [1.29, 1.82) is 0 Å². The van der Waals surface area contributed by atoms with Gasteiger partial charge < -0.3 is 10.1 Å². The molecule has 1 N–H and O–H groups in total.